The topological polar surface area (TPSA) is 38.0 Å². The molecule has 20 heavy (non-hydrogen) atoms. The summed E-state index contributed by atoms with van der Waals surface area (Å²) in [4.78, 5) is 5.51. The number of nitrogens with zero attached hydrogens (tertiary/aromatic N) is 2. The second-order valence-electron chi connectivity index (χ2n) is 4.62. The summed E-state index contributed by atoms with van der Waals surface area (Å²) >= 11 is 7.33. The maximum atomic E-state index is 10.3. The number of benzene rings is 1. The highest BCUT2D eigenvalue weighted by molar-refractivity contribution is 7.16. The van der Waals surface area contributed by atoms with Crippen LogP contribution in [0.2, 0.25) is 4.34 Å². The molecule has 1 atom stereocenters. The summed E-state index contributed by atoms with van der Waals surface area (Å²) < 4.78 is 2.84. The highest BCUT2D eigenvalue weighted by Gasteiger charge is 2.16. The molecule has 3 aromatic rings. The molecule has 0 aliphatic heterocycles. The number of aromatic nitrogens is 2. The van der Waals surface area contributed by atoms with Crippen molar-refractivity contribution in [2.24, 2.45) is 0 Å². The summed E-state index contributed by atoms with van der Waals surface area (Å²) in [5.41, 5.74) is 2.09. The SMILES string of the molecule is CCn1c(CC(O)c2ccc(Cl)s2)nc2ccccc21. The fourth-order valence-corrected chi connectivity index (χ4v) is 3.46. The molecule has 0 saturated carbocycles. The number of thiophene rings is 1. The van der Waals surface area contributed by atoms with Crippen LogP contribution in [0.3, 0.4) is 0 Å². The number of imidazole rings is 1. The van der Waals surface area contributed by atoms with E-state index < -0.39 is 6.10 Å². The molecule has 0 spiro atoms. The second kappa shape index (κ2) is 5.56. The van der Waals surface area contributed by atoms with Gasteiger partial charge >= 0.3 is 0 Å². The molecule has 0 bridgehead atoms. The zero-order chi connectivity index (χ0) is 14.1. The van der Waals surface area contributed by atoms with Gasteiger partial charge in [-0.25, -0.2) is 4.98 Å². The van der Waals surface area contributed by atoms with E-state index in [-0.39, 0.29) is 0 Å². The lowest BCUT2D eigenvalue weighted by molar-refractivity contribution is 0.178. The number of aliphatic hydroxyl groups is 1. The Morgan fingerprint density at radius 2 is 2.10 bits per heavy atom. The van der Waals surface area contributed by atoms with Crippen LogP contribution in [0.15, 0.2) is 36.4 Å². The van der Waals surface area contributed by atoms with Crippen molar-refractivity contribution in [3.05, 3.63) is 51.4 Å². The average Bonchev–Trinajstić information content (AvgIpc) is 3.01. The highest BCUT2D eigenvalue weighted by Crippen LogP contribution is 2.29. The molecule has 2 aromatic heterocycles. The lowest BCUT2D eigenvalue weighted by Crippen LogP contribution is -2.07. The summed E-state index contributed by atoms with van der Waals surface area (Å²) in [6, 6.07) is 11.7. The molecule has 0 amide bonds. The van der Waals surface area contributed by atoms with E-state index in [0.29, 0.717) is 10.8 Å². The average molecular weight is 307 g/mol. The molecule has 0 radical (unpaired) electrons. The molecule has 104 valence electrons. The third-order valence-corrected chi connectivity index (χ3v) is 4.68. The minimum absolute atomic E-state index is 0.499. The van der Waals surface area contributed by atoms with Crippen LogP contribution in [-0.4, -0.2) is 14.7 Å². The van der Waals surface area contributed by atoms with Crippen LogP contribution in [0.1, 0.15) is 23.7 Å². The van der Waals surface area contributed by atoms with E-state index in [9.17, 15) is 5.11 Å². The van der Waals surface area contributed by atoms with Gasteiger partial charge in [-0.2, -0.15) is 0 Å². The number of hydrogen-bond donors (Lipinski definition) is 1. The maximum absolute atomic E-state index is 10.3. The molecule has 0 fully saturated rings. The van der Waals surface area contributed by atoms with Gasteiger partial charge in [0.05, 0.1) is 21.5 Å². The summed E-state index contributed by atoms with van der Waals surface area (Å²) in [6.45, 7) is 2.93. The van der Waals surface area contributed by atoms with E-state index in [1.807, 2.05) is 30.3 Å². The molecular weight excluding hydrogens is 292 g/mol. The molecule has 1 N–H and O–H groups in total. The van der Waals surface area contributed by atoms with Gasteiger partial charge in [-0.3, -0.25) is 0 Å². The molecule has 3 nitrogen and oxygen atoms in total. The van der Waals surface area contributed by atoms with Crippen LogP contribution in [0.25, 0.3) is 11.0 Å². The first kappa shape index (κ1) is 13.6. The fourth-order valence-electron chi connectivity index (χ4n) is 2.41. The number of para-hydroxylation sites is 2. The number of rotatable bonds is 4. The molecular formula is C15H15ClN2OS. The van der Waals surface area contributed by atoms with E-state index in [1.54, 1.807) is 0 Å². The predicted molar refractivity (Wildman–Crippen MR) is 83.4 cm³/mol. The summed E-state index contributed by atoms with van der Waals surface area (Å²) in [5.74, 6) is 0.908. The lowest BCUT2D eigenvalue weighted by atomic mass is 10.2. The predicted octanol–water partition coefficient (Wildman–Crippen LogP) is 4.05. The van der Waals surface area contributed by atoms with E-state index in [2.05, 4.69) is 22.5 Å². The van der Waals surface area contributed by atoms with Crippen molar-refractivity contribution in [3.63, 3.8) is 0 Å². The Balaban J connectivity index is 1.94. The maximum Gasteiger partial charge on any atom is 0.112 e. The van der Waals surface area contributed by atoms with Crippen LogP contribution in [0.5, 0.6) is 0 Å². The Bertz CT molecular complexity index is 734. The minimum Gasteiger partial charge on any atom is -0.387 e. The van der Waals surface area contributed by atoms with E-state index in [4.69, 9.17) is 11.6 Å². The summed E-state index contributed by atoms with van der Waals surface area (Å²) in [5, 5.41) is 10.3. The number of aliphatic hydroxyl groups excluding tert-OH is 1. The molecule has 0 aliphatic carbocycles. The minimum atomic E-state index is -0.561. The fraction of sp³-hybridized carbons (Fsp3) is 0.267. The van der Waals surface area contributed by atoms with Gasteiger partial charge in [0.1, 0.15) is 5.82 Å². The van der Waals surface area contributed by atoms with Crippen molar-refractivity contribution in [1.29, 1.82) is 0 Å². The Morgan fingerprint density at radius 1 is 1.30 bits per heavy atom. The van der Waals surface area contributed by atoms with Gasteiger partial charge in [0.25, 0.3) is 0 Å². The Morgan fingerprint density at radius 3 is 2.80 bits per heavy atom. The number of halogens is 1. The van der Waals surface area contributed by atoms with Crippen molar-refractivity contribution in [1.82, 2.24) is 9.55 Å². The van der Waals surface area contributed by atoms with Crippen molar-refractivity contribution in [2.75, 3.05) is 0 Å². The molecule has 1 aromatic carbocycles. The van der Waals surface area contributed by atoms with Crippen LogP contribution in [0, 0.1) is 0 Å². The van der Waals surface area contributed by atoms with Crippen LogP contribution in [0.4, 0.5) is 0 Å². The molecule has 0 aliphatic rings. The normalized spacial score (nSPS) is 12.9. The summed E-state index contributed by atoms with van der Waals surface area (Å²) in [6.07, 6.45) is -0.0612. The van der Waals surface area contributed by atoms with Crippen molar-refractivity contribution in [3.8, 4) is 0 Å². The standard InChI is InChI=1S/C15H15ClN2OS/c1-2-18-11-6-4-3-5-10(11)17-15(18)9-12(19)13-7-8-14(16)20-13/h3-8,12,19H,2,9H2,1H3. The monoisotopic (exact) mass is 306 g/mol. The van der Waals surface area contributed by atoms with Crippen LogP contribution < -0.4 is 0 Å². The molecule has 5 heteroatoms. The molecule has 3 rings (SSSR count). The van der Waals surface area contributed by atoms with Gasteiger partial charge in [-0.15, -0.1) is 11.3 Å². The highest BCUT2D eigenvalue weighted by atomic mass is 35.5. The van der Waals surface area contributed by atoms with Crippen molar-refractivity contribution in [2.45, 2.75) is 26.0 Å². The second-order valence-corrected chi connectivity index (χ2v) is 6.37. The third-order valence-electron chi connectivity index (χ3n) is 3.35. The number of aryl methyl sites for hydroxylation is 1. The van der Waals surface area contributed by atoms with Gasteiger partial charge in [0.15, 0.2) is 0 Å². The van der Waals surface area contributed by atoms with E-state index >= 15 is 0 Å². The van der Waals surface area contributed by atoms with E-state index in [1.165, 1.54) is 11.3 Å². The van der Waals surface area contributed by atoms with Gasteiger partial charge in [0, 0.05) is 17.8 Å². The van der Waals surface area contributed by atoms with Crippen molar-refractivity contribution < 1.29 is 5.11 Å². The Labute approximate surface area is 126 Å². The Kier molecular flexibility index (Phi) is 3.78. The van der Waals surface area contributed by atoms with Gasteiger partial charge in [-0.1, -0.05) is 23.7 Å². The van der Waals surface area contributed by atoms with Crippen LogP contribution >= 0.6 is 22.9 Å². The first-order valence-corrected chi connectivity index (χ1v) is 7.76. The smallest absolute Gasteiger partial charge is 0.112 e. The lowest BCUT2D eigenvalue weighted by Gasteiger charge is -2.10. The Hall–Kier alpha value is -1.36. The van der Waals surface area contributed by atoms with Gasteiger partial charge in [-0.05, 0) is 31.2 Å². The van der Waals surface area contributed by atoms with Gasteiger partial charge in [0.2, 0.25) is 0 Å². The number of hydrogen-bond acceptors (Lipinski definition) is 3. The zero-order valence-corrected chi connectivity index (χ0v) is 12.7. The third kappa shape index (κ3) is 2.46. The number of fused-ring (bicyclic) bond motifs is 1. The molecule has 0 saturated heterocycles. The zero-order valence-electron chi connectivity index (χ0n) is 11.1. The van der Waals surface area contributed by atoms with Crippen LogP contribution in [-0.2, 0) is 13.0 Å². The van der Waals surface area contributed by atoms with Crippen molar-refractivity contribution >= 4 is 34.0 Å². The van der Waals surface area contributed by atoms with E-state index in [0.717, 1.165) is 28.3 Å². The molecule has 2 heterocycles. The first-order valence-electron chi connectivity index (χ1n) is 6.56. The first-order chi connectivity index (χ1) is 9.69. The largest absolute Gasteiger partial charge is 0.387 e. The molecule has 1 unspecified atom stereocenters. The van der Waals surface area contributed by atoms with Gasteiger partial charge < -0.3 is 9.67 Å². The quantitative estimate of drug-likeness (QED) is 0.789. The summed E-state index contributed by atoms with van der Waals surface area (Å²) in [7, 11) is 0.